The van der Waals surface area contributed by atoms with Crippen molar-refractivity contribution in [1.29, 1.82) is 0 Å². The lowest BCUT2D eigenvalue weighted by molar-refractivity contribution is -0.153. The summed E-state index contributed by atoms with van der Waals surface area (Å²) < 4.78 is 10.6. The molecule has 5 heteroatoms. The number of carboxylic acids is 1. The van der Waals surface area contributed by atoms with Crippen LogP contribution in [0.25, 0.3) is 0 Å². The number of aliphatic carboxylic acids is 1. The summed E-state index contributed by atoms with van der Waals surface area (Å²) in [6.45, 7) is 4.27. The van der Waals surface area contributed by atoms with E-state index in [0.29, 0.717) is 13.2 Å². The second-order valence-electron chi connectivity index (χ2n) is 3.57. The maximum atomic E-state index is 10.5. The van der Waals surface area contributed by atoms with Crippen LogP contribution < -0.4 is 0 Å². The first kappa shape index (κ1) is 11.4. The Kier molecular flexibility index (Phi) is 4.31. The van der Waals surface area contributed by atoms with Gasteiger partial charge in [-0.25, -0.2) is 4.79 Å². The summed E-state index contributed by atoms with van der Waals surface area (Å²) in [6, 6.07) is 0. The molecule has 0 aromatic heterocycles. The molecule has 0 aromatic carbocycles. The van der Waals surface area contributed by atoms with E-state index < -0.39 is 12.1 Å². The minimum atomic E-state index is -0.936. The van der Waals surface area contributed by atoms with Gasteiger partial charge in [0.15, 0.2) is 6.10 Å². The summed E-state index contributed by atoms with van der Waals surface area (Å²) in [4.78, 5) is 12.6. The van der Waals surface area contributed by atoms with Gasteiger partial charge in [0.05, 0.1) is 19.3 Å². The minimum Gasteiger partial charge on any atom is -0.479 e. The summed E-state index contributed by atoms with van der Waals surface area (Å²) >= 11 is 0. The first-order valence-electron chi connectivity index (χ1n) is 4.74. The predicted octanol–water partition coefficient (Wildman–Crippen LogP) is -0.193. The number of likely N-dealkylation sites (N-methyl/N-ethyl adjacent to an activating group) is 1. The highest BCUT2D eigenvalue weighted by Gasteiger charge is 2.20. The molecule has 5 nitrogen and oxygen atoms in total. The van der Waals surface area contributed by atoms with E-state index in [2.05, 4.69) is 4.90 Å². The third-order valence-electron chi connectivity index (χ3n) is 2.22. The summed E-state index contributed by atoms with van der Waals surface area (Å²) in [5.74, 6) is -0.936. The molecule has 0 amide bonds. The Morgan fingerprint density at radius 1 is 1.79 bits per heavy atom. The molecule has 0 bridgehead atoms. The van der Waals surface area contributed by atoms with Crippen molar-refractivity contribution in [2.24, 2.45) is 0 Å². The van der Waals surface area contributed by atoms with Crippen molar-refractivity contribution in [2.45, 2.75) is 19.1 Å². The smallest absolute Gasteiger partial charge is 0.332 e. The van der Waals surface area contributed by atoms with Crippen LogP contribution in [0, 0.1) is 0 Å². The molecule has 1 aliphatic rings. The molecule has 0 spiro atoms. The molecule has 1 rings (SSSR count). The molecule has 1 unspecified atom stereocenters. The van der Waals surface area contributed by atoms with Gasteiger partial charge in [-0.1, -0.05) is 0 Å². The lowest BCUT2D eigenvalue weighted by Gasteiger charge is -2.30. The molecule has 1 heterocycles. The number of ether oxygens (including phenoxy) is 2. The van der Waals surface area contributed by atoms with Crippen LogP contribution in [0.2, 0.25) is 0 Å². The Bertz CT molecular complexity index is 197. The van der Waals surface area contributed by atoms with Gasteiger partial charge in [0, 0.05) is 13.1 Å². The van der Waals surface area contributed by atoms with Gasteiger partial charge in [-0.2, -0.15) is 0 Å². The third kappa shape index (κ3) is 3.61. The molecular formula is C9H17NO4. The van der Waals surface area contributed by atoms with Crippen LogP contribution in [-0.4, -0.2) is 61.5 Å². The second-order valence-corrected chi connectivity index (χ2v) is 3.57. The molecule has 0 aliphatic carbocycles. The van der Waals surface area contributed by atoms with E-state index in [0.717, 1.165) is 13.1 Å². The van der Waals surface area contributed by atoms with Gasteiger partial charge in [-0.3, -0.25) is 0 Å². The average Bonchev–Trinajstić information content (AvgIpc) is 2.14. The van der Waals surface area contributed by atoms with E-state index in [4.69, 9.17) is 14.6 Å². The largest absolute Gasteiger partial charge is 0.479 e. The summed E-state index contributed by atoms with van der Waals surface area (Å²) in [6.07, 6.45) is -0.763. The van der Waals surface area contributed by atoms with Crippen molar-refractivity contribution >= 4 is 5.97 Å². The maximum absolute atomic E-state index is 10.5. The van der Waals surface area contributed by atoms with Gasteiger partial charge >= 0.3 is 5.97 Å². The molecule has 0 radical (unpaired) electrons. The fourth-order valence-corrected chi connectivity index (χ4v) is 1.29. The number of carboxylic acid groups (broad SMARTS) is 1. The van der Waals surface area contributed by atoms with Crippen molar-refractivity contribution < 1.29 is 19.4 Å². The maximum Gasteiger partial charge on any atom is 0.332 e. The molecule has 2 atom stereocenters. The molecule has 0 saturated carbocycles. The molecule has 82 valence electrons. The minimum absolute atomic E-state index is 0.00412. The van der Waals surface area contributed by atoms with E-state index in [9.17, 15) is 4.79 Å². The first-order valence-corrected chi connectivity index (χ1v) is 4.74. The number of carbonyl (C=O) groups is 1. The molecular weight excluding hydrogens is 186 g/mol. The summed E-state index contributed by atoms with van der Waals surface area (Å²) in [5, 5.41) is 8.59. The fourth-order valence-electron chi connectivity index (χ4n) is 1.29. The Morgan fingerprint density at radius 2 is 2.50 bits per heavy atom. The standard InChI is InChI=1S/C9H17NO4/c1-7(9(11)12)14-6-8-5-10(2)3-4-13-8/h7-8H,3-6H2,1-2H3,(H,11,12)/t7-,8?/m1/s1. The average molecular weight is 203 g/mol. The Hall–Kier alpha value is -0.650. The van der Waals surface area contributed by atoms with E-state index in [-0.39, 0.29) is 6.10 Å². The van der Waals surface area contributed by atoms with Crippen LogP contribution in [0.15, 0.2) is 0 Å². The molecule has 1 fully saturated rings. The van der Waals surface area contributed by atoms with Crippen LogP contribution >= 0.6 is 0 Å². The highest BCUT2D eigenvalue weighted by Crippen LogP contribution is 2.04. The number of morpholine rings is 1. The van der Waals surface area contributed by atoms with Crippen molar-refractivity contribution in [3.8, 4) is 0 Å². The van der Waals surface area contributed by atoms with E-state index in [1.54, 1.807) is 0 Å². The number of hydrogen-bond donors (Lipinski definition) is 1. The molecule has 1 saturated heterocycles. The van der Waals surface area contributed by atoms with Gasteiger partial charge in [0.1, 0.15) is 0 Å². The number of rotatable bonds is 4. The van der Waals surface area contributed by atoms with Crippen LogP contribution in [0.3, 0.4) is 0 Å². The van der Waals surface area contributed by atoms with Gasteiger partial charge in [-0.05, 0) is 14.0 Å². The number of nitrogens with zero attached hydrogens (tertiary/aromatic N) is 1. The van der Waals surface area contributed by atoms with Crippen molar-refractivity contribution in [1.82, 2.24) is 4.90 Å². The van der Waals surface area contributed by atoms with Gasteiger partial charge in [0.25, 0.3) is 0 Å². The van der Waals surface area contributed by atoms with Gasteiger partial charge in [-0.15, -0.1) is 0 Å². The quantitative estimate of drug-likeness (QED) is 0.686. The zero-order valence-electron chi connectivity index (χ0n) is 8.60. The highest BCUT2D eigenvalue weighted by atomic mass is 16.5. The second kappa shape index (κ2) is 5.29. The van der Waals surface area contributed by atoms with Crippen molar-refractivity contribution in [2.75, 3.05) is 33.4 Å². The van der Waals surface area contributed by atoms with Gasteiger partial charge < -0.3 is 19.5 Å². The predicted molar refractivity (Wildman–Crippen MR) is 50.3 cm³/mol. The van der Waals surface area contributed by atoms with Crippen LogP contribution in [0.5, 0.6) is 0 Å². The van der Waals surface area contributed by atoms with E-state index in [1.807, 2.05) is 7.05 Å². The number of hydrogen-bond acceptors (Lipinski definition) is 4. The lowest BCUT2D eigenvalue weighted by Crippen LogP contribution is -2.43. The Balaban J connectivity index is 2.20. The topological polar surface area (TPSA) is 59.0 Å². The molecule has 0 aromatic rings. The summed E-state index contributed by atoms with van der Waals surface area (Å²) in [7, 11) is 2.01. The van der Waals surface area contributed by atoms with Crippen LogP contribution in [0.1, 0.15) is 6.92 Å². The van der Waals surface area contributed by atoms with E-state index >= 15 is 0 Å². The molecule has 14 heavy (non-hydrogen) atoms. The lowest BCUT2D eigenvalue weighted by atomic mass is 10.3. The zero-order valence-corrected chi connectivity index (χ0v) is 8.60. The Labute approximate surface area is 83.6 Å². The normalized spacial score (nSPS) is 26.0. The first-order chi connectivity index (χ1) is 6.59. The monoisotopic (exact) mass is 203 g/mol. The Morgan fingerprint density at radius 3 is 3.07 bits per heavy atom. The van der Waals surface area contributed by atoms with E-state index in [1.165, 1.54) is 6.92 Å². The van der Waals surface area contributed by atoms with Crippen LogP contribution in [0.4, 0.5) is 0 Å². The molecule has 1 aliphatic heterocycles. The van der Waals surface area contributed by atoms with Gasteiger partial charge in [0.2, 0.25) is 0 Å². The van der Waals surface area contributed by atoms with Crippen molar-refractivity contribution in [3.63, 3.8) is 0 Å². The fraction of sp³-hybridized carbons (Fsp3) is 0.889. The highest BCUT2D eigenvalue weighted by molar-refractivity contribution is 5.71. The van der Waals surface area contributed by atoms with Crippen molar-refractivity contribution in [3.05, 3.63) is 0 Å². The SMILES string of the molecule is C[C@@H](OCC1CN(C)CCO1)C(=O)O. The zero-order chi connectivity index (χ0) is 10.6. The summed E-state index contributed by atoms with van der Waals surface area (Å²) in [5.41, 5.74) is 0. The van der Waals surface area contributed by atoms with Crippen LogP contribution in [-0.2, 0) is 14.3 Å². The molecule has 1 N–H and O–H groups in total. The third-order valence-corrected chi connectivity index (χ3v) is 2.22.